The van der Waals surface area contributed by atoms with E-state index in [4.69, 9.17) is 0 Å². The van der Waals surface area contributed by atoms with Crippen molar-refractivity contribution in [3.05, 3.63) is 35.4 Å². The summed E-state index contributed by atoms with van der Waals surface area (Å²) in [4.78, 5) is 0. The molecule has 1 N–H and O–H groups in total. The monoisotopic (exact) mass is 187 g/mol. The maximum Gasteiger partial charge on any atom is 0.160 e. The summed E-state index contributed by atoms with van der Waals surface area (Å²) in [5.41, 5.74) is -1.52. The molecular weight excluding hydrogens is 179 g/mol. The Labute approximate surface area is 73.6 Å². The van der Waals surface area contributed by atoms with Crippen molar-refractivity contribution in [2.75, 3.05) is 13.1 Å². The Bertz CT molecular complexity index is 313. The van der Waals surface area contributed by atoms with Crippen molar-refractivity contribution in [2.45, 2.75) is 5.67 Å². The minimum Gasteiger partial charge on any atom is -0.310 e. The van der Waals surface area contributed by atoms with E-state index in [0.717, 1.165) is 18.2 Å². The molecule has 0 unspecified atom stereocenters. The Morgan fingerprint density at radius 3 is 2.00 bits per heavy atom. The van der Waals surface area contributed by atoms with E-state index in [0.29, 0.717) is 0 Å². The average molecular weight is 187 g/mol. The molecule has 1 aliphatic heterocycles. The highest BCUT2D eigenvalue weighted by molar-refractivity contribution is 5.27. The first-order chi connectivity index (χ1) is 6.10. The topological polar surface area (TPSA) is 12.0 Å². The predicted octanol–water partition coefficient (Wildman–Crippen LogP) is 1.73. The minimum atomic E-state index is -1.59. The molecule has 2 rings (SSSR count). The highest BCUT2D eigenvalue weighted by atomic mass is 19.1. The van der Waals surface area contributed by atoms with Gasteiger partial charge in [0.05, 0.1) is 0 Å². The lowest BCUT2D eigenvalue weighted by atomic mass is 9.90. The molecule has 0 bridgehead atoms. The average Bonchev–Trinajstić information content (AvgIpc) is 1.98. The van der Waals surface area contributed by atoms with Gasteiger partial charge in [0, 0.05) is 19.2 Å². The lowest BCUT2D eigenvalue weighted by molar-refractivity contribution is 0.0883. The van der Waals surface area contributed by atoms with Crippen molar-refractivity contribution in [1.82, 2.24) is 5.32 Å². The van der Waals surface area contributed by atoms with E-state index >= 15 is 0 Å². The lowest BCUT2D eigenvalue weighted by Crippen LogP contribution is -2.53. The SMILES string of the molecule is Fc1cc(F)cc(C2(F)CNC2)c1. The van der Waals surface area contributed by atoms with Crippen LogP contribution in [-0.4, -0.2) is 13.1 Å². The van der Waals surface area contributed by atoms with E-state index in [-0.39, 0.29) is 18.7 Å². The van der Waals surface area contributed by atoms with Gasteiger partial charge in [-0.2, -0.15) is 0 Å². The van der Waals surface area contributed by atoms with Gasteiger partial charge in [0.15, 0.2) is 5.67 Å². The second-order valence-electron chi connectivity index (χ2n) is 3.23. The molecule has 0 amide bonds. The first-order valence-corrected chi connectivity index (χ1v) is 3.96. The van der Waals surface area contributed by atoms with Crippen molar-refractivity contribution in [1.29, 1.82) is 0 Å². The fraction of sp³-hybridized carbons (Fsp3) is 0.333. The summed E-state index contributed by atoms with van der Waals surface area (Å²) in [7, 11) is 0. The number of hydrogen-bond acceptors (Lipinski definition) is 1. The van der Waals surface area contributed by atoms with Crippen molar-refractivity contribution >= 4 is 0 Å². The molecule has 70 valence electrons. The summed E-state index contributed by atoms with van der Waals surface area (Å²) in [6, 6.07) is 2.80. The molecule has 0 aromatic heterocycles. The molecule has 0 aliphatic carbocycles. The van der Waals surface area contributed by atoms with E-state index in [1.807, 2.05) is 0 Å². The largest absolute Gasteiger partial charge is 0.310 e. The van der Waals surface area contributed by atoms with Crippen LogP contribution in [0.25, 0.3) is 0 Å². The third-order valence-corrected chi connectivity index (χ3v) is 2.19. The van der Waals surface area contributed by atoms with Crippen LogP contribution in [0.5, 0.6) is 0 Å². The van der Waals surface area contributed by atoms with Crippen molar-refractivity contribution < 1.29 is 13.2 Å². The van der Waals surface area contributed by atoms with E-state index < -0.39 is 17.3 Å². The van der Waals surface area contributed by atoms with Crippen LogP contribution in [0.1, 0.15) is 5.56 Å². The molecule has 1 heterocycles. The molecule has 0 radical (unpaired) electrons. The third kappa shape index (κ3) is 1.42. The molecule has 1 aliphatic rings. The number of alkyl halides is 1. The van der Waals surface area contributed by atoms with Crippen molar-refractivity contribution in [2.24, 2.45) is 0 Å². The summed E-state index contributed by atoms with van der Waals surface area (Å²) in [5.74, 6) is -1.47. The van der Waals surface area contributed by atoms with Crippen LogP contribution in [-0.2, 0) is 5.67 Å². The second-order valence-corrected chi connectivity index (χ2v) is 3.23. The van der Waals surface area contributed by atoms with E-state index in [1.54, 1.807) is 0 Å². The zero-order chi connectivity index (χ0) is 9.47. The van der Waals surface area contributed by atoms with Crippen molar-refractivity contribution in [3.63, 3.8) is 0 Å². The fourth-order valence-electron chi connectivity index (χ4n) is 1.36. The smallest absolute Gasteiger partial charge is 0.160 e. The van der Waals surface area contributed by atoms with Crippen LogP contribution in [0.4, 0.5) is 13.2 Å². The normalized spacial score (nSPS) is 19.6. The molecule has 4 heteroatoms. The summed E-state index contributed by atoms with van der Waals surface area (Å²) in [6.45, 7) is 0.242. The maximum absolute atomic E-state index is 13.6. The summed E-state index contributed by atoms with van der Waals surface area (Å²) in [6.07, 6.45) is 0. The quantitative estimate of drug-likeness (QED) is 0.706. The molecule has 1 nitrogen and oxygen atoms in total. The second kappa shape index (κ2) is 2.73. The van der Waals surface area contributed by atoms with Gasteiger partial charge >= 0.3 is 0 Å². The Hall–Kier alpha value is -1.03. The van der Waals surface area contributed by atoms with Gasteiger partial charge in [-0.1, -0.05) is 0 Å². The molecule has 1 aromatic carbocycles. The standard InChI is InChI=1S/C9H8F3N/c10-7-1-6(2-8(11)3-7)9(12)4-13-5-9/h1-3,13H,4-5H2. The zero-order valence-corrected chi connectivity index (χ0v) is 6.78. The van der Waals surface area contributed by atoms with Crippen molar-refractivity contribution in [3.8, 4) is 0 Å². The van der Waals surface area contributed by atoms with Gasteiger partial charge in [-0.3, -0.25) is 0 Å². The summed E-state index contributed by atoms with van der Waals surface area (Å²) < 4.78 is 39.0. The van der Waals surface area contributed by atoms with Crippen LogP contribution < -0.4 is 5.32 Å². The van der Waals surface area contributed by atoms with Gasteiger partial charge < -0.3 is 5.32 Å². The maximum atomic E-state index is 13.6. The first kappa shape index (κ1) is 8.56. The van der Waals surface area contributed by atoms with Crippen LogP contribution in [0.2, 0.25) is 0 Å². The highest BCUT2D eigenvalue weighted by Crippen LogP contribution is 2.30. The number of nitrogens with one attached hydrogen (secondary N) is 1. The number of halogens is 3. The number of hydrogen-bond donors (Lipinski definition) is 1. The minimum absolute atomic E-state index is 0.0729. The van der Waals surface area contributed by atoms with Gasteiger partial charge in [0.1, 0.15) is 11.6 Å². The predicted molar refractivity (Wildman–Crippen MR) is 42.0 cm³/mol. The van der Waals surface area contributed by atoms with Gasteiger partial charge in [-0.25, -0.2) is 13.2 Å². The summed E-state index contributed by atoms with van der Waals surface area (Å²) >= 11 is 0. The van der Waals surface area contributed by atoms with Gasteiger partial charge in [0.25, 0.3) is 0 Å². The van der Waals surface area contributed by atoms with E-state index in [1.165, 1.54) is 0 Å². The van der Waals surface area contributed by atoms with Crippen LogP contribution in [0, 0.1) is 11.6 Å². The molecule has 0 spiro atoms. The molecule has 0 saturated carbocycles. The number of benzene rings is 1. The fourth-order valence-corrected chi connectivity index (χ4v) is 1.36. The highest BCUT2D eigenvalue weighted by Gasteiger charge is 2.39. The lowest BCUT2D eigenvalue weighted by Gasteiger charge is -2.35. The molecule has 1 saturated heterocycles. The molecule has 1 aromatic rings. The molecular formula is C9H8F3N. The molecule has 1 fully saturated rings. The van der Waals surface area contributed by atoms with Crippen LogP contribution >= 0.6 is 0 Å². The van der Waals surface area contributed by atoms with Gasteiger partial charge in [0.2, 0.25) is 0 Å². The number of rotatable bonds is 1. The Kier molecular flexibility index (Phi) is 1.80. The molecule has 0 atom stereocenters. The summed E-state index contributed by atoms with van der Waals surface area (Å²) in [5, 5.41) is 2.72. The molecule has 13 heavy (non-hydrogen) atoms. The Balaban J connectivity index is 2.39. The Morgan fingerprint density at radius 2 is 1.62 bits per heavy atom. The van der Waals surface area contributed by atoms with Gasteiger partial charge in [-0.15, -0.1) is 0 Å². The Morgan fingerprint density at radius 1 is 1.08 bits per heavy atom. The van der Waals surface area contributed by atoms with Crippen LogP contribution in [0.3, 0.4) is 0 Å². The third-order valence-electron chi connectivity index (χ3n) is 2.19. The zero-order valence-electron chi connectivity index (χ0n) is 6.78. The van der Waals surface area contributed by atoms with E-state index in [9.17, 15) is 13.2 Å². The van der Waals surface area contributed by atoms with E-state index in [2.05, 4.69) is 5.32 Å². The first-order valence-electron chi connectivity index (χ1n) is 3.96. The van der Waals surface area contributed by atoms with Gasteiger partial charge in [-0.05, 0) is 17.7 Å². The van der Waals surface area contributed by atoms with Crippen LogP contribution in [0.15, 0.2) is 18.2 Å².